The lowest BCUT2D eigenvalue weighted by Gasteiger charge is -2.06. The van der Waals surface area contributed by atoms with Crippen LogP contribution in [0.3, 0.4) is 0 Å². The van der Waals surface area contributed by atoms with E-state index in [1.54, 1.807) is 18.4 Å². The van der Waals surface area contributed by atoms with Gasteiger partial charge in [0.25, 0.3) is 5.78 Å². The molecule has 0 saturated carbocycles. The Hall–Kier alpha value is -2.66. The van der Waals surface area contributed by atoms with Crippen LogP contribution in [0.1, 0.15) is 50.8 Å². The van der Waals surface area contributed by atoms with Gasteiger partial charge in [0.05, 0.1) is 18.8 Å². The number of nitrogens with two attached hydrogens (primary N) is 1. The van der Waals surface area contributed by atoms with Gasteiger partial charge in [0.1, 0.15) is 9.88 Å². The number of esters is 2. The molecule has 0 unspecified atom stereocenters. The number of rotatable bonds is 7. The van der Waals surface area contributed by atoms with Crippen molar-refractivity contribution in [3.63, 3.8) is 0 Å². The number of ether oxygens (including phenoxy) is 2. The van der Waals surface area contributed by atoms with E-state index in [-0.39, 0.29) is 34.4 Å². The van der Waals surface area contributed by atoms with Crippen molar-refractivity contribution in [1.82, 2.24) is 19.6 Å². The number of nitrogen functional groups attached to an aromatic ring is 1. The largest absolute Gasteiger partial charge is 0.462 e. The minimum absolute atomic E-state index is 0.196. The molecule has 0 saturated heterocycles. The maximum absolute atomic E-state index is 12.4. The molecule has 154 valence electrons. The smallest absolute Gasteiger partial charge is 0.348 e. The zero-order valence-corrected chi connectivity index (χ0v) is 18.1. The van der Waals surface area contributed by atoms with Gasteiger partial charge in [0, 0.05) is 22.7 Å². The Bertz CT molecular complexity index is 1080. The minimum atomic E-state index is -0.566. The number of carbonyl (C=O) groups is 2. The van der Waals surface area contributed by atoms with E-state index in [9.17, 15) is 9.59 Å². The van der Waals surface area contributed by atoms with Gasteiger partial charge in [0.2, 0.25) is 5.16 Å². The van der Waals surface area contributed by atoms with Crippen molar-refractivity contribution < 1.29 is 19.1 Å². The van der Waals surface area contributed by atoms with Crippen LogP contribution in [0.25, 0.3) is 5.78 Å². The van der Waals surface area contributed by atoms with E-state index in [2.05, 4.69) is 15.1 Å². The van der Waals surface area contributed by atoms with Gasteiger partial charge >= 0.3 is 11.9 Å². The van der Waals surface area contributed by atoms with Crippen LogP contribution in [-0.4, -0.2) is 44.7 Å². The predicted molar refractivity (Wildman–Crippen MR) is 110 cm³/mol. The molecular formula is C18H21N5O4S2. The number of thioether (sulfide) groups is 1. The van der Waals surface area contributed by atoms with E-state index in [0.717, 1.165) is 22.7 Å². The van der Waals surface area contributed by atoms with Crippen LogP contribution in [-0.2, 0) is 15.2 Å². The van der Waals surface area contributed by atoms with E-state index in [1.807, 2.05) is 19.9 Å². The molecule has 3 heterocycles. The Morgan fingerprint density at radius 1 is 1.17 bits per heavy atom. The number of carbonyl (C=O) groups excluding carboxylic acids is 2. The summed E-state index contributed by atoms with van der Waals surface area (Å²) in [5.41, 5.74) is 8.45. The fourth-order valence-electron chi connectivity index (χ4n) is 2.76. The molecule has 3 aromatic heterocycles. The zero-order valence-electron chi connectivity index (χ0n) is 16.5. The summed E-state index contributed by atoms with van der Waals surface area (Å²) in [6.07, 6.45) is 0. The van der Waals surface area contributed by atoms with Crippen molar-refractivity contribution in [3.8, 4) is 0 Å². The Labute approximate surface area is 175 Å². The van der Waals surface area contributed by atoms with Gasteiger partial charge in [-0.05, 0) is 33.8 Å². The molecule has 0 spiro atoms. The fraction of sp³-hybridized carbons (Fsp3) is 0.389. The molecular weight excluding hydrogens is 414 g/mol. The van der Waals surface area contributed by atoms with Crippen molar-refractivity contribution in [3.05, 3.63) is 33.5 Å². The van der Waals surface area contributed by atoms with Crippen molar-refractivity contribution in [2.24, 2.45) is 0 Å². The summed E-state index contributed by atoms with van der Waals surface area (Å²) in [6, 6.07) is 1.91. The summed E-state index contributed by atoms with van der Waals surface area (Å²) >= 11 is 2.30. The molecule has 0 fully saturated rings. The number of thiophene rings is 1. The highest BCUT2D eigenvalue weighted by Crippen LogP contribution is 2.36. The fourth-order valence-corrected chi connectivity index (χ4v) is 4.66. The van der Waals surface area contributed by atoms with Crippen molar-refractivity contribution in [1.29, 1.82) is 0 Å². The molecule has 0 aliphatic carbocycles. The van der Waals surface area contributed by atoms with Gasteiger partial charge in [0.15, 0.2) is 0 Å². The summed E-state index contributed by atoms with van der Waals surface area (Å²) in [7, 11) is 0. The number of nitrogens with zero attached hydrogens (tertiary/aromatic N) is 4. The molecule has 11 heteroatoms. The third kappa shape index (κ3) is 4.35. The maximum atomic E-state index is 12.4. The minimum Gasteiger partial charge on any atom is -0.462 e. The molecule has 2 N–H and O–H groups in total. The standard InChI is InChI=1S/C18H21N5O4S2/c1-5-26-15(24)12-11(13(29-14(12)19)16(25)27-6-2)8-28-18-21-17-20-9(3)7-10(4)23(17)22-18/h7H,5-6,8,19H2,1-4H3. The Balaban J connectivity index is 1.95. The number of anilines is 1. The second-order valence-corrected chi connectivity index (χ2v) is 8.02. The normalized spacial score (nSPS) is 11.0. The van der Waals surface area contributed by atoms with Gasteiger partial charge in [-0.2, -0.15) is 4.98 Å². The topological polar surface area (TPSA) is 122 Å². The SMILES string of the molecule is CCOC(=O)c1sc(N)c(C(=O)OCC)c1CSc1nc2nc(C)cc(C)n2n1. The molecule has 0 aromatic carbocycles. The lowest BCUT2D eigenvalue weighted by atomic mass is 10.1. The molecule has 0 atom stereocenters. The third-order valence-electron chi connectivity index (χ3n) is 3.92. The molecule has 0 aliphatic heterocycles. The first kappa shape index (κ1) is 21.1. The second kappa shape index (κ2) is 8.78. The van der Waals surface area contributed by atoms with E-state index in [1.165, 1.54) is 11.8 Å². The average Bonchev–Trinajstić information content (AvgIpc) is 3.21. The van der Waals surface area contributed by atoms with Crippen LogP contribution in [0.5, 0.6) is 0 Å². The van der Waals surface area contributed by atoms with Crippen LogP contribution in [0, 0.1) is 13.8 Å². The Morgan fingerprint density at radius 2 is 1.86 bits per heavy atom. The predicted octanol–water partition coefficient (Wildman–Crippen LogP) is 3.03. The Morgan fingerprint density at radius 3 is 2.55 bits per heavy atom. The lowest BCUT2D eigenvalue weighted by Crippen LogP contribution is -2.11. The van der Waals surface area contributed by atoms with Crippen LogP contribution in [0.2, 0.25) is 0 Å². The first-order valence-electron chi connectivity index (χ1n) is 8.94. The molecule has 9 nitrogen and oxygen atoms in total. The molecule has 3 aromatic rings. The highest BCUT2D eigenvalue weighted by Gasteiger charge is 2.28. The highest BCUT2D eigenvalue weighted by atomic mass is 32.2. The summed E-state index contributed by atoms with van der Waals surface area (Å²) in [4.78, 5) is 33.9. The maximum Gasteiger partial charge on any atom is 0.348 e. The number of hydrogen-bond acceptors (Lipinski definition) is 10. The van der Waals surface area contributed by atoms with Gasteiger partial charge in [-0.25, -0.2) is 19.1 Å². The summed E-state index contributed by atoms with van der Waals surface area (Å²) in [5, 5.41) is 5.14. The molecule has 0 aliphatic rings. The van der Waals surface area contributed by atoms with E-state index >= 15 is 0 Å². The van der Waals surface area contributed by atoms with E-state index in [4.69, 9.17) is 15.2 Å². The quantitative estimate of drug-likeness (QED) is 0.441. The first-order valence-corrected chi connectivity index (χ1v) is 10.7. The van der Waals surface area contributed by atoms with Gasteiger partial charge in [-0.1, -0.05) is 11.8 Å². The summed E-state index contributed by atoms with van der Waals surface area (Å²) in [6.45, 7) is 7.65. The lowest BCUT2D eigenvalue weighted by molar-refractivity contribution is 0.0527. The van der Waals surface area contributed by atoms with Crippen LogP contribution in [0.15, 0.2) is 11.2 Å². The number of aromatic nitrogens is 4. The van der Waals surface area contributed by atoms with Crippen molar-refractivity contribution >= 4 is 45.8 Å². The van der Waals surface area contributed by atoms with Gasteiger partial charge in [-0.15, -0.1) is 16.4 Å². The third-order valence-corrected chi connectivity index (χ3v) is 5.82. The van der Waals surface area contributed by atoms with Crippen molar-refractivity contribution in [2.45, 2.75) is 38.6 Å². The van der Waals surface area contributed by atoms with Crippen molar-refractivity contribution in [2.75, 3.05) is 18.9 Å². The number of fused-ring (bicyclic) bond motifs is 1. The molecule has 0 radical (unpaired) electrons. The monoisotopic (exact) mass is 435 g/mol. The van der Waals surface area contributed by atoms with Crippen LogP contribution >= 0.6 is 23.1 Å². The Kier molecular flexibility index (Phi) is 6.38. The molecule has 0 amide bonds. The summed E-state index contributed by atoms with van der Waals surface area (Å²) in [5.74, 6) is -0.341. The highest BCUT2D eigenvalue weighted by molar-refractivity contribution is 7.98. The molecule has 29 heavy (non-hydrogen) atoms. The van der Waals surface area contributed by atoms with Crippen LogP contribution < -0.4 is 5.73 Å². The zero-order chi connectivity index (χ0) is 21.1. The van der Waals surface area contributed by atoms with E-state index in [0.29, 0.717) is 16.5 Å². The van der Waals surface area contributed by atoms with Crippen LogP contribution in [0.4, 0.5) is 5.00 Å². The molecule has 0 bridgehead atoms. The number of aryl methyl sites for hydroxylation is 2. The van der Waals surface area contributed by atoms with Gasteiger partial charge < -0.3 is 15.2 Å². The first-order chi connectivity index (χ1) is 13.8. The summed E-state index contributed by atoms with van der Waals surface area (Å²) < 4.78 is 11.9. The molecule has 3 rings (SSSR count). The number of hydrogen-bond donors (Lipinski definition) is 1. The van der Waals surface area contributed by atoms with Gasteiger partial charge in [-0.3, -0.25) is 0 Å². The second-order valence-electron chi connectivity index (χ2n) is 6.02. The van der Waals surface area contributed by atoms with E-state index < -0.39 is 11.9 Å². The average molecular weight is 436 g/mol.